The number of hydrogen-bond acceptors (Lipinski definition) is 2. The molecule has 1 fully saturated rings. The van der Waals surface area contributed by atoms with Crippen LogP contribution in [-0.4, -0.2) is 17.3 Å². The molecule has 0 aromatic heterocycles. The second-order valence-electron chi connectivity index (χ2n) is 5.79. The molecular weight excluding hydrogens is 417 g/mol. The van der Waals surface area contributed by atoms with Crippen molar-refractivity contribution in [3.05, 3.63) is 60.2 Å². The summed E-state index contributed by atoms with van der Waals surface area (Å²) in [7, 11) is 0. The highest BCUT2D eigenvalue weighted by Crippen LogP contribution is 2.51. The van der Waals surface area contributed by atoms with Gasteiger partial charge in [-0.25, -0.2) is 0 Å². The van der Waals surface area contributed by atoms with Crippen molar-refractivity contribution in [1.82, 2.24) is 0 Å². The van der Waals surface area contributed by atoms with Gasteiger partial charge in [-0.15, -0.1) is 35.7 Å². The van der Waals surface area contributed by atoms with Crippen LogP contribution in [0.1, 0.15) is 18.4 Å². The van der Waals surface area contributed by atoms with Crippen LogP contribution < -0.4 is 11.1 Å². The third-order valence-electron chi connectivity index (χ3n) is 3.75. The zero-order valence-electron chi connectivity index (χ0n) is 13.2. The molecule has 0 saturated heterocycles. The van der Waals surface area contributed by atoms with Crippen molar-refractivity contribution < 1.29 is 0 Å². The molecule has 2 aromatic rings. The van der Waals surface area contributed by atoms with E-state index in [1.807, 2.05) is 30.0 Å². The molecule has 1 saturated carbocycles. The minimum atomic E-state index is 0. The van der Waals surface area contributed by atoms with Gasteiger partial charge in [0.2, 0.25) is 0 Å². The molecule has 3 nitrogen and oxygen atoms in total. The van der Waals surface area contributed by atoms with E-state index in [0.717, 1.165) is 12.2 Å². The number of rotatable bonds is 5. The van der Waals surface area contributed by atoms with Crippen LogP contribution >= 0.6 is 35.7 Å². The highest BCUT2D eigenvalue weighted by molar-refractivity contribution is 14.0. The molecule has 0 aliphatic heterocycles. The highest BCUT2D eigenvalue weighted by Gasteiger charge is 2.43. The standard InChI is InChI=1S/C18H21N3S.HI/c1-14-7-9-15(10-8-14)21-17(19)20-13-18(11-12-18)22-16-5-3-2-4-6-16;/h2-10H,11-13H2,1H3,(H3,19,20,21);1H. The maximum atomic E-state index is 6.00. The molecule has 23 heavy (non-hydrogen) atoms. The van der Waals surface area contributed by atoms with E-state index in [-0.39, 0.29) is 28.7 Å². The molecule has 0 amide bonds. The second kappa shape index (κ2) is 8.06. The van der Waals surface area contributed by atoms with Crippen LogP contribution in [0.15, 0.2) is 64.5 Å². The predicted molar refractivity (Wildman–Crippen MR) is 111 cm³/mol. The van der Waals surface area contributed by atoms with Gasteiger partial charge in [-0.2, -0.15) is 0 Å². The van der Waals surface area contributed by atoms with Gasteiger partial charge >= 0.3 is 0 Å². The van der Waals surface area contributed by atoms with Gasteiger partial charge in [-0.3, -0.25) is 4.99 Å². The maximum Gasteiger partial charge on any atom is 0.193 e. The van der Waals surface area contributed by atoms with Crippen LogP contribution in [0.25, 0.3) is 0 Å². The van der Waals surface area contributed by atoms with Gasteiger partial charge < -0.3 is 11.1 Å². The lowest BCUT2D eigenvalue weighted by atomic mass is 10.2. The SMILES string of the molecule is Cc1ccc(NC(N)=NCC2(Sc3ccccc3)CC2)cc1.I. The Bertz CT molecular complexity index is 652. The quantitative estimate of drug-likeness (QED) is 0.405. The fraction of sp³-hybridized carbons (Fsp3) is 0.278. The Hall–Kier alpha value is -1.21. The zero-order chi connectivity index (χ0) is 15.4. The van der Waals surface area contributed by atoms with Crippen molar-refractivity contribution in [1.29, 1.82) is 0 Å². The first-order valence-corrected chi connectivity index (χ1v) is 8.35. The lowest BCUT2D eigenvalue weighted by Crippen LogP contribution is -2.24. The minimum Gasteiger partial charge on any atom is -0.370 e. The van der Waals surface area contributed by atoms with Gasteiger partial charge in [0.25, 0.3) is 0 Å². The molecular formula is C18H22IN3S. The molecule has 1 aliphatic rings. The molecule has 122 valence electrons. The second-order valence-corrected chi connectivity index (χ2v) is 7.33. The number of nitrogens with two attached hydrogens (primary N) is 1. The number of halogens is 1. The van der Waals surface area contributed by atoms with Gasteiger partial charge in [0.1, 0.15) is 0 Å². The Labute approximate surface area is 159 Å². The number of nitrogens with one attached hydrogen (secondary N) is 1. The van der Waals surface area contributed by atoms with E-state index in [1.54, 1.807) is 0 Å². The third kappa shape index (κ3) is 5.42. The van der Waals surface area contributed by atoms with Crippen molar-refractivity contribution in [2.45, 2.75) is 29.4 Å². The molecule has 0 atom stereocenters. The predicted octanol–water partition coefficient (Wildman–Crippen LogP) is 4.66. The molecule has 5 heteroatoms. The van der Waals surface area contributed by atoms with Gasteiger partial charge in [0.15, 0.2) is 5.96 Å². The molecule has 3 N–H and O–H groups in total. The van der Waals surface area contributed by atoms with Crippen molar-refractivity contribution in [3.8, 4) is 0 Å². The van der Waals surface area contributed by atoms with Gasteiger partial charge in [-0.1, -0.05) is 35.9 Å². The van der Waals surface area contributed by atoms with E-state index in [0.29, 0.717) is 5.96 Å². The number of aliphatic imine (C=N–C) groups is 1. The summed E-state index contributed by atoms with van der Waals surface area (Å²) in [5.41, 5.74) is 8.21. The molecule has 0 radical (unpaired) electrons. The van der Waals surface area contributed by atoms with E-state index in [9.17, 15) is 0 Å². The summed E-state index contributed by atoms with van der Waals surface area (Å²) in [4.78, 5) is 5.84. The summed E-state index contributed by atoms with van der Waals surface area (Å²) in [6.45, 7) is 2.83. The van der Waals surface area contributed by atoms with Crippen LogP contribution in [0, 0.1) is 6.92 Å². The summed E-state index contributed by atoms with van der Waals surface area (Å²) in [6, 6.07) is 18.7. The van der Waals surface area contributed by atoms with Crippen molar-refractivity contribution >= 4 is 47.4 Å². The molecule has 3 rings (SSSR count). The average molecular weight is 439 g/mol. The van der Waals surface area contributed by atoms with Crippen LogP contribution in [-0.2, 0) is 0 Å². The van der Waals surface area contributed by atoms with Gasteiger partial charge in [0.05, 0.1) is 6.54 Å². The molecule has 0 unspecified atom stereocenters. The lowest BCUT2D eigenvalue weighted by molar-refractivity contribution is 0.897. The number of anilines is 1. The first-order valence-electron chi connectivity index (χ1n) is 7.53. The van der Waals surface area contributed by atoms with E-state index in [2.05, 4.69) is 53.6 Å². The Kier molecular flexibility index (Phi) is 6.35. The normalized spacial score (nSPS) is 15.6. The average Bonchev–Trinajstić information content (AvgIpc) is 3.29. The number of thioether (sulfide) groups is 1. The Morgan fingerprint density at radius 1 is 1.13 bits per heavy atom. The van der Waals surface area contributed by atoms with E-state index < -0.39 is 0 Å². The minimum absolute atomic E-state index is 0. The summed E-state index contributed by atoms with van der Waals surface area (Å²) < 4.78 is 0.237. The molecule has 0 heterocycles. The maximum absolute atomic E-state index is 6.00. The Morgan fingerprint density at radius 2 is 1.78 bits per heavy atom. The number of benzene rings is 2. The molecule has 2 aromatic carbocycles. The van der Waals surface area contributed by atoms with Crippen molar-refractivity contribution in [2.75, 3.05) is 11.9 Å². The highest BCUT2D eigenvalue weighted by atomic mass is 127. The molecule has 0 bridgehead atoms. The van der Waals surface area contributed by atoms with Crippen LogP contribution in [0.2, 0.25) is 0 Å². The van der Waals surface area contributed by atoms with E-state index in [4.69, 9.17) is 5.73 Å². The number of aryl methyl sites for hydroxylation is 1. The number of guanidine groups is 1. The molecule has 0 spiro atoms. The van der Waals surface area contributed by atoms with E-state index in [1.165, 1.54) is 23.3 Å². The van der Waals surface area contributed by atoms with Crippen molar-refractivity contribution in [3.63, 3.8) is 0 Å². The first-order chi connectivity index (χ1) is 10.7. The fourth-order valence-electron chi connectivity index (χ4n) is 2.22. The van der Waals surface area contributed by atoms with Gasteiger partial charge in [0, 0.05) is 15.3 Å². The summed E-state index contributed by atoms with van der Waals surface area (Å²) in [5, 5.41) is 3.15. The summed E-state index contributed by atoms with van der Waals surface area (Å²) >= 11 is 1.92. The summed E-state index contributed by atoms with van der Waals surface area (Å²) in [6.07, 6.45) is 2.40. The number of hydrogen-bond donors (Lipinski definition) is 2. The largest absolute Gasteiger partial charge is 0.370 e. The van der Waals surface area contributed by atoms with Crippen molar-refractivity contribution in [2.24, 2.45) is 10.7 Å². The Morgan fingerprint density at radius 3 is 2.39 bits per heavy atom. The lowest BCUT2D eigenvalue weighted by Gasteiger charge is -2.13. The van der Waals surface area contributed by atoms with Gasteiger partial charge in [-0.05, 0) is 44.0 Å². The first kappa shape index (κ1) is 18.1. The summed E-state index contributed by atoms with van der Waals surface area (Å²) in [5.74, 6) is 0.490. The Balaban J connectivity index is 0.00000192. The zero-order valence-corrected chi connectivity index (χ0v) is 16.3. The molecule has 1 aliphatic carbocycles. The van der Waals surface area contributed by atoms with E-state index >= 15 is 0 Å². The number of nitrogens with zero attached hydrogens (tertiary/aromatic N) is 1. The van der Waals surface area contributed by atoms with Crippen LogP contribution in [0.3, 0.4) is 0 Å². The smallest absolute Gasteiger partial charge is 0.193 e. The topological polar surface area (TPSA) is 50.4 Å². The third-order valence-corrected chi connectivity index (χ3v) is 5.23. The van der Waals surface area contributed by atoms with Crippen LogP contribution in [0.5, 0.6) is 0 Å². The van der Waals surface area contributed by atoms with Crippen LogP contribution in [0.4, 0.5) is 5.69 Å². The monoisotopic (exact) mass is 439 g/mol. The fourth-order valence-corrected chi connectivity index (χ4v) is 3.45.